The van der Waals surface area contributed by atoms with Crippen molar-refractivity contribution < 1.29 is 13.2 Å². The lowest BCUT2D eigenvalue weighted by Crippen LogP contribution is -2.39. The average molecular weight is 443 g/mol. The number of unbranched alkanes of at least 4 members (excludes halogenated alkanes) is 1. The summed E-state index contributed by atoms with van der Waals surface area (Å²) < 4.78 is 36.6. The predicted molar refractivity (Wildman–Crippen MR) is 99.3 cm³/mol. The number of nitrogens with one attached hydrogen (secondary N) is 2. The maximum absolute atomic E-state index is 12.2. The summed E-state index contributed by atoms with van der Waals surface area (Å²) in [6, 6.07) is 7.93. The van der Waals surface area contributed by atoms with Crippen LogP contribution in [0.1, 0.15) is 37.3 Å². The average Bonchev–Trinajstić information content (AvgIpc) is 2.45. The molecule has 0 saturated heterocycles. The molecule has 0 aliphatic carbocycles. The summed E-state index contributed by atoms with van der Waals surface area (Å²) in [7, 11) is 0. The van der Waals surface area contributed by atoms with Crippen molar-refractivity contribution in [3.05, 3.63) is 35.4 Å². The van der Waals surface area contributed by atoms with Gasteiger partial charge in [0.05, 0.1) is 13.0 Å². The molecule has 0 radical (unpaired) electrons. The molecular weight excluding hydrogens is 418 g/mol. The van der Waals surface area contributed by atoms with Gasteiger partial charge in [-0.1, -0.05) is 43.2 Å². The number of halogens is 4. The molecule has 0 saturated carbocycles. The Morgan fingerprint density at radius 3 is 2.26 bits per heavy atom. The molecule has 0 atom stereocenters. The minimum absolute atomic E-state index is 0. The van der Waals surface area contributed by atoms with Crippen molar-refractivity contribution in [1.82, 2.24) is 10.6 Å². The topological polar surface area (TPSA) is 36.4 Å². The standard InChI is InChI=1S/C16H24F3N3.HI/c1-3-4-10-20-15(21-11-9-16(17,18)19)22-12-14-7-5-13(2)6-8-14;/h5-8H,3-4,9-12H2,1-2H3,(H2,20,21,22);1H. The summed E-state index contributed by atoms with van der Waals surface area (Å²) in [4.78, 5) is 4.34. The molecule has 0 amide bonds. The van der Waals surface area contributed by atoms with E-state index in [4.69, 9.17) is 0 Å². The van der Waals surface area contributed by atoms with Gasteiger partial charge in [-0.25, -0.2) is 4.99 Å². The molecule has 0 bridgehead atoms. The molecular formula is C16H25F3IN3. The van der Waals surface area contributed by atoms with Crippen LogP contribution in [-0.2, 0) is 6.54 Å². The van der Waals surface area contributed by atoms with Crippen LogP contribution in [0.25, 0.3) is 0 Å². The normalized spacial score (nSPS) is 11.8. The Morgan fingerprint density at radius 1 is 1.09 bits per heavy atom. The fraction of sp³-hybridized carbons (Fsp3) is 0.562. The van der Waals surface area contributed by atoms with E-state index >= 15 is 0 Å². The number of nitrogens with zero attached hydrogens (tertiary/aromatic N) is 1. The minimum Gasteiger partial charge on any atom is -0.356 e. The minimum atomic E-state index is -4.15. The second kappa shape index (κ2) is 11.5. The number of aliphatic imine (C=N–C) groups is 1. The van der Waals surface area contributed by atoms with Gasteiger partial charge in [-0.15, -0.1) is 24.0 Å². The van der Waals surface area contributed by atoms with Gasteiger partial charge < -0.3 is 10.6 Å². The molecule has 23 heavy (non-hydrogen) atoms. The van der Waals surface area contributed by atoms with Crippen LogP contribution < -0.4 is 10.6 Å². The van der Waals surface area contributed by atoms with E-state index in [1.165, 1.54) is 0 Å². The number of aryl methyl sites for hydroxylation is 1. The fourth-order valence-electron chi connectivity index (χ4n) is 1.74. The first-order chi connectivity index (χ1) is 10.4. The van der Waals surface area contributed by atoms with Crippen molar-refractivity contribution >= 4 is 29.9 Å². The van der Waals surface area contributed by atoms with Crippen molar-refractivity contribution in [2.75, 3.05) is 13.1 Å². The molecule has 0 unspecified atom stereocenters. The third-order valence-corrected chi connectivity index (χ3v) is 3.06. The number of rotatable bonds is 7. The van der Waals surface area contributed by atoms with Crippen molar-refractivity contribution in [1.29, 1.82) is 0 Å². The van der Waals surface area contributed by atoms with E-state index in [2.05, 4.69) is 22.5 Å². The molecule has 0 aromatic heterocycles. The van der Waals surface area contributed by atoms with Crippen LogP contribution in [-0.4, -0.2) is 25.2 Å². The van der Waals surface area contributed by atoms with Crippen LogP contribution in [0.5, 0.6) is 0 Å². The Bertz CT molecular complexity index is 459. The fourth-order valence-corrected chi connectivity index (χ4v) is 1.74. The summed E-state index contributed by atoms with van der Waals surface area (Å²) in [6.07, 6.45) is -3.06. The van der Waals surface area contributed by atoms with E-state index in [9.17, 15) is 13.2 Å². The van der Waals surface area contributed by atoms with Gasteiger partial charge in [-0.3, -0.25) is 0 Å². The van der Waals surface area contributed by atoms with Crippen LogP contribution in [0.2, 0.25) is 0 Å². The first kappa shape index (κ1) is 22.0. The Balaban J connectivity index is 0.00000484. The molecule has 1 rings (SSSR count). The zero-order chi connectivity index (χ0) is 16.4. The highest BCUT2D eigenvalue weighted by Gasteiger charge is 2.26. The highest BCUT2D eigenvalue weighted by Crippen LogP contribution is 2.18. The molecule has 1 aromatic carbocycles. The Hall–Kier alpha value is -0.990. The van der Waals surface area contributed by atoms with Gasteiger partial charge in [0.1, 0.15) is 0 Å². The van der Waals surface area contributed by atoms with Crippen LogP contribution in [0.3, 0.4) is 0 Å². The number of benzene rings is 1. The smallest absolute Gasteiger partial charge is 0.356 e. The van der Waals surface area contributed by atoms with Crippen molar-refractivity contribution in [3.63, 3.8) is 0 Å². The van der Waals surface area contributed by atoms with Gasteiger partial charge in [0.2, 0.25) is 0 Å². The van der Waals surface area contributed by atoms with Crippen LogP contribution >= 0.6 is 24.0 Å². The maximum Gasteiger partial charge on any atom is 0.390 e. The molecule has 132 valence electrons. The van der Waals surface area contributed by atoms with Gasteiger partial charge in [-0.2, -0.15) is 13.2 Å². The van der Waals surface area contributed by atoms with Gasteiger partial charge in [-0.05, 0) is 18.9 Å². The molecule has 0 aliphatic rings. The number of alkyl halides is 3. The third kappa shape index (κ3) is 11.2. The van der Waals surface area contributed by atoms with E-state index in [0.717, 1.165) is 24.0 Å². The first-order valence-electron chi connectivity index (χ1n) is 7.55. The summed E-state index contributed by atoms with van der Waals surface area (Å²) in [5.41, 5.74) is 2.19. The Morgan fingerprint density at radius 2 is 1.70 bits per heavy atom. The van der Waals surface area contributed by atoms with E-state index in [1.807, 2.05) is 31.2 Å². The Labute approximate surface area is 153 Å². The quantitative estimate of drug-likeness (QED) is 0.284. The molecule has 0 aliphatic heterocycles. The molecule has 7 heteroatoms. The predicted octanol–water partition coefficient (Wildman–Crippen LogP) is 4.40. The lowest BCUT2D eigenvalue weighted by molar-refractivity contribution is -0.132. The molecule has 2 N–H and O–H groups in total. The maximum atomic E-state index is 12.2. The van der Waals surface area contributed by atoms with Crippen LogP contribution in [0.15, 0.2) is 29.3 Å². The molecule has 1 aromatic rings. The lowest BCUT2D eigenvalue weighted by atomic mass is 10.1. The van der Waals surface area contributed by atoms with Gasteiger partial charge in [0.25, 0.3) is 0 Å². The van der Waals surface area contributed by atoms with Gasteiger partial charge >= 0.3 is 6.18 Å². The third-order valence-electron chi connectivity index (χ3n) is 3.06. The van der Waals surface area contributed by atoms with E-state index in [0.29, 0.717) is 19.0 Å². The second-order valence-electron chi connectivity index (χ2n) is 5.22. The highest BCUT2D eigenvalue weighted by atomic mass is 127. The van der Waals surface area contributed by atoms with Gasteiger partial charge in [0, 0.05) is 13.1 Å². The molecule has 0 spiro atoms. The van der Waals surface area contributed by atoms with E-state index in [1.54, 1.807) is 0 Å². The highest BCUT2D eigenvalue weighted by molar-refractivity contribution is 14.0. The Kier molecular flexibility index (Phi) is 11.0. The largest absolute Gasteiger partial charge is 0.390 e. The summed E-state index contributed by atoms with van der Waals surface area (Å²) >= 11 is 0. The SMILES string of the molecule is CCCCNC(=NCc1ccc(C)cc1)NCCC(F)(F)F.I. The van der Waals surface area contributed by atoms with E-state index in [-0.39, 0.29) is 30.5 Å². The summed E-state index contributed by atoms with van der Waals surface area (Å²) in [6.45, 7) is 5.02. The second-order valence-corrected chi connectivity index (χ2v) is 5.22. The van der Waals surface area contributed by atoms with Crippen LogP contribution in [0, 0.1) is 6.92 Å². The number of hydrogen-bond acceptors (Lipinski definition) is 1. The van der Waals surface area contributed by atoms with Crippen molar-refractivity contribution in [2.24, 2.45) is 4.99 Å². The monoisotopic (exact) mass is 443 g/mol. The van der Waals surface area contributed by atoms with Gasteiger partial charge in [0.15, 0.2) is 5.96 Å². The molecule has 0 heterocycles. The van der Waals surface area contributed by atoms with Crippen molar-refractivity contribution in [2.45, 2.75) is 45.8 Å². The summed E-state index contributed by atoms with van der Waals surface area (Å²) in [5, 5.41) is 5.80. The number of hydrogen-bond donors (Lipinski definition) is 2. The molecule has 3 nitrogen and oxygen atoms in total. The molecule has 0 fully saturated rings. The zero-order valence-electron chi connectivity index (χ0n) is 13.5. The van der Waals surface area contributed by atoms with Crippen LogP contribution in [0.4, 0.5) is 13.2 Å². The number of guanidine groups is 1. The van der Waals surface area contributed by atoms with Crippen molar-refractivity contribution in [3.8, 4) is 0 Å². The van der Waals surface area contributed by atoms with E-state index < -0.39 is 12.6 Å². The lowest BCUT2D eigenvalue weighted by Gasteiger charge is -2.13. The first-order valence-corrected chi connectivity index (χ1v) is 7.55. The summed E-state index contributed by atoms with van der Waals surface area (Å²) in [5.74, 6) is 0.429. The zero-order valence-corrected chi connectivity index (χ0v) is 15.9.